The van der Waals surface area contributed by atoms with Gasteiger partial charge in [-0.2, -0.15) is 0 Å². The van der Waals surface area contributed by atoms with E-state index < -0.39 is 0 Å². The number of benzene rings is 6. The molecule has 46 heavy (non-hydrogen) atoms. The maximum atomic E-state index is 5.16. The number of fused-ring (bicyclic) bond motifs is 3. The van der Waals surface area contributed by atoms with Crippen LogP contribution in [0.5, 0.6) is 0 Å². The van der Waals surface area contributed by atoms with Crippen molar-refractivity contribution in [1.82, 2.24) is 19.9 Å². The topological polar surface area (TPSA) is 51.6 Å². The number of aromatic nitrogens is 4. The van der Waals surface area contributed by atoms with Gasteiger partial charge in [0, 0.05) is 33.6 Å². The SMILES string of the molecule is Cc1cc(C)nc(-c2cc(-c3nc(-c4ccccc4)cc(-c4ccccc4)n3)cc(-c3cc4ccccc4c4ccccc34)c2)n1. The minimum Gasteiger partial charge on any atom is -0.233 e. The molecule has 0 N–H and O–H groups in total. The average Bonchev–Trinajstić information content (AvgIpc) is 3.11. The van der Waals surface area contributed by atoms with Crippen LogP contribution in [0.4, 0.5) is 0 Å². The van der Waals surface area contributed by atoms with Gasteiger partial charge in [-0.1, -0.05) is 109 Å². The van der Waals surface area contributed by atoms with Gasteiger partial charge < -0.3 is 0 Å². The lowest BCUT2D eigenvalue weighted by Gasteiger charge is -2.15. The van der Waals surface area contributed by atoms with E-state index in [9.17, 15) is 0 Å². The second kappa shape index (κ2) is 11.5. The van der Waals surface area contributed by atoms with Gasteiger partial charge in [0.2, 0.25) is 0 Å². The van der Waals surface area contributed by atoms with E-state index in [4.69, 9.17) is 19.9 Å². The first-order valence-corrected chi connectivity index (χ1v) is 15.5. The molecule has 0 radical (unpaired) electrons. The second-order valence-corrected chi connectivity index (χ2v) is 11.7. The number of aryl methyl sites for hydroxylation is 2. The molecule has 4 nitrogen and oxygen atoms in total. The first kappa shape index (κ1) is 27.5. The van der Waals surface area contributed by atoms with Crippen molar-refractivity contribution in [2.75, 3.05) is 0 Å². The van der Waals surface area contributed by atoms with Crippen LogP contribution in [-0.4, -0.2) is 19.9 Å². The van der Waals surface area contributed by atoms with Crippen LogP contribution in [0.2, 0.25) is 0 Å². The lowest BCUT2D eigenvalue weighted by molar-refractivity contribution is 1.06. The number of hydrogen-bond donors (Lipinski definition) is 0. The quantitative estimate of drug-likeness (QED) is 0.187. The van der Waals surface area contributed by atoms with Crippen molar-refractivity contribution in [3.63, 3.8) is 0 Å². The predicted octanol–water partition coefficient (Wildman–Crippen LogP) is 10.5. The standard InChI is InChI=1S/C42H30N4/c1-27-21-28(2)44-41(43-27)33-22-32(38-25-31-17-9-10-18-35(31)36-19-11-12-20-37(36)38)23-34(24-33)42-45-39(29-13-5-3-6-14-29)26-40(46-42)30-15-7-4-8-16-30/h3-26H,1-2H3. The molecule has 0 fully saturated rings. The van der Waals surface area contributed by atoms with Gasteiger partial charge in [0.15, 0.2) is 11.6 Å². The van der Waals surface area contributed by atoms with Gasteiger partial charge in [0.05, 0.1) is 11.4 Å². The summed E-state index contributed by atoms with van der Waals surface area (Å²) in [5, 5.41) is 4.84. The molecule has 0 amide bonds. The fourth-order valence-electron chi connectivity index (χ4n) is 6.28. The van der Waals surface area contributed by atoms with Crippen molar-refractivity contribution < 1.29 is 0 Å². The second-order valence-electron chi connectivity index (χ2n) is 11.7. The molecule has 0 saturated heterocycles. The van der Waals surface area contributed by atoms with Gasteiger partial charge in [-0.25, -0.2) is 19.9 Å². The van der Waals surface area contributed by atoms with Gasteiger partial charge in [-0.05, 0) is 82.9 Å². The zero-order valence-electron chi connectivity index (χ0n) is 25.6. The first-order valence-electron chi connectivity index (χ1n) is 15.5. The fourth-order valence-corrected chi connectivity index (χ4v) is 6.28. The van der Waals surface area contributed by atoms with Crippen molar-refractivity contribution in [2.24, 2.45) is 0 Å². The summed E-state index contributed by atoms with van der Waals surface area (Å²) in [6.07, 6.45) is 0. The van der Waals surface area contributed by atoms with E-state index >= 15 is 0 Å². The molecule has 2 heterocycles. The highest BCUT2D eigenvalue weighted by Crippen LogP contribution is 2.38. The molecule has 0 unspecified atom stereocenters. The minimum atomic E-state index is 0.651. The van der Waals surface area contributed by atoms with Crippen LogP contribution < -0.4 is 0 Å². The molecule has 0 aliphatic rings. The van der Waals surface area contributed by atoms with Crippen molar-refractivity contribution >= 4 is 21.5 Å². The smallest absolute Gasteiger partial charge is 0.160 e. The van der Waals surface area contributed by atoms with Gasteiger partial charge in [-0.3, -0.25) is 0 Å². The number of nitrogens with zero attached hydrogens (tertiary/aromatic N) is 4. The molecule has 218 valence electrons. The third-order valence-electron chi connectivity index (χ3n) is 8.38. The Labute approximate surface area is 268 Å². The largest absolute Gasteiger partial charge is 0.233 e. The van der Waals surface area contributed by atoms with E-state index in [-0.39, 0.29) is 0 Å². The van der Waals surface area contributed by atoms with Crippen LogP contribution in [0.3, 0.4) is 0 Å². The van der Waals surface area contributed by atoms with E-state index in [0.717, 1.165) is 56.2 Å². The van der Waals surface area contributed by atoms with Gasteiger partial charge in [0.25, 0.3) is 0 Å². The van der Waals surface area contributed by atoms with Crippen molar-refractivity contribution in [1.29, 1.82) is 0 Å². The Morgan fingerprint density at radius 2 is 0.826 bits per heavy atom. The molecule has 0 aliphatic heterocycles. The van der Waals surface area contributed by atoms with Crippen LogP contribution in [-0.2, 0) is 0 Å². The van der Waals surface area contributed by atoms with Crippen molar-refractivity contribution in [3.05, 3.63) is 157 Å². The summed E-state index contributed by atoms with van der Waals surface area (Å²) >= 11 is 0. The normalized spacial score (nSPS) is 11.3. The van der Waals surface area contributed by atoms with E-state index in [1.807, 2.05) is 56.3 Å². The summed E-state index contributed by atoms with van der Waals surface area (Å²) in [5.41, 5.74) is 9.71. The van der Waals surface area contributed by atoms with Gasteiger partial charge in [-0.15, -0.1) is 0 Å². The first-order chi connectivity index (χ1) is 22.6. The van der Waals surface area contributed by atoms with Gasteiger partial charge >= 0.3 is 0 Å². The fraction of sp³-hybridized carbons (Fsp3) is 0.0476. The van der Waals surface area contributed by atoms with E-state index in [2.05, 4.69) is 103 Å². The molecule has 2 aromatic heterocycles. The van der Waals surface area contributed by atoms with Crippen LogP contribution in [0, 0.1) is 13.8 Å². The molecular formula is C42H30N4. The zero-order chi connectivity index (χ0) is 31.0. The molecule has 8 rings (SSSR count). The van der Waals surface area contributed by atoms with E-state index in [0.29, 0.717) is 11.6 Å². The summed E-state index contributed by atoms with van der Waals surface area (Å²) in [5.74, 6) is 1.34. The summed E-state index contributed by atoms with van der Waals surface area (Å²) < 4.78 is 0. The third-order valence-corrected chi connectivity index (χ3v) is 8.38. The summed E-state index contributed by atoms with van der Waals surface area (Å²) in [6, 6.07) is 50.7. The van der Waals surface area contributed by atoms with Crippen molar-refractivity contribution in [2.45, 2.75) is 13.8 Å². The molecule has 0 saturated carbocycles. The summed E-state index contributed by atoms with van der Waals surface area (Å²) in [6.45, 7) is 4.02. The Bertz CT molecular complexity index is 2300. The Morgan fingerprint density at radius 3 is 1.43 bits per heavy atom. The molecule has 0 atom stereocenters. The van der Waals surface area contributed by atoms with Crippen LogP contribution in [0.25, 0.3) is 78.0 Å². The zero-order valence-corrected chi connectivity index (χ0v) is 25.6. The molecule has 0 spiro atoms. The third kappa shape index (κ3) is 5.20. The van der Waals surface area contributed by atoms with Crippen LogP contribution >= 0.6 is 0 Å². The molecule has 8 aromatic rings. The highest BCUT2D eigenvalue weighted by Gasteiger charge is 2.16. The maximum absolute atomic E-state index is 5.16. The lowest BCUT2D eigenvalue weighted by atomic mass is 9.91. The van der Waals surface area contributed by atoms with Crippen LogP contribution in [0.15, 0.2) is 146 Å². The Kier molecular flexibility index (Phi) is 6.88. The molecule has 4 heteroatoms. The Morgan fingerprint density at radius 1 is 0.348 bits per heavy atom. The Balaban J connectivity index is 1.42. The monoisotopic (exact) mass is 590 g/mol. The molecule has 0 bridgehead atoms. The summed E-state index contributed by atoms with van der Waals surface area (Å²) in [4.78, 5) is 20.1. The molecule has 0 aliphatic carbocycles. The minimum absolute atomic E-state index is 0.651. The van der Waals surface area contributed by atoms with Gasteiger partial charge in [0.1, 0.15) is 0 Å². The highest BCUT2D eigenvalue weighted by molar-refractivity contribution is 6.14. The maximum Gasteiger partial charge on any atom is 0.160 e. The lowest BCUT2D eigenvalue weighted by Crippen LogP contribution is -1.98. The number of rotatable bonds is 5. The summed E-state index contributed by atoms with van der Waals surface area (Å²) in [7, 11) is 0. The Hall–Kier alpha value is -6.00. The van der Waals surface area contributed by atoms with Crippen LogP contribution in [0.1, 0.15) is 11.4 Å². The molecular weight excluding hydrogens is 560 g/mol. The number of hydrogen-bond acceptors (Lipinski definition) is 4. The highest BCUT2D eigenvalue weighted by atomic mass is 14.9. The average molecular weight is 591 g/mol. The van der Waals surface area contributed by atoms with E-state index in [1.54, 1.807) is 0 Å². The van der Waals surface area contributed by atoms with Crippen molar-refractivity contribution in [3.8, 4) is 56.4 Å². The molecule has 6 aromatic carbocycles. The predicted molar refractivity (Wildman–Crippen MR) is 189 cm³/mol. The van der Waals surface area contributed by atoms with E-state index in [1.165, 1.54) is 21.5 Å².